The number of carbonyl (C=O) groups is 1. The van der Waals surface area contributed by atoms with E-state index in [1.54, 1.807) is 4.90 Å². The minimum absolute atomic E-state index is 0.0625. The molecule has 1 unspecified atom stereocenters. The van der Waals surface area contributed by atoms with Crippen molar-refractivity contribution in [3.05, 3.63) is 17.7 Å². The minimum atomic E-state index is -4.81. The molecule has 1 aromatic rings. The van der Waals surface area contributed by atoms with Crippen LogP contribution < -0.4 is 9.64 Å². The lowest BCUT2D eigenvalue weighted by Crippen LogP contribution is -2.41. The number of ether oxygens (including phenoxy) is 1. The summed E-state index contributed by atoms with van der Waals surface area (Å²) in [4.78, 5) is 13.1. The summed E-state index contributed by atoms with van der Waals surface area (Å²) in [6, 6.07) is 1.57. The highest BCUT2D eigenvalue weighted by Crippen LogP contribution is 2.45. The summed E-state index contributed by atoms with van der Waals surface area (Å²) in [7, 11) is -1.61. The fourth-order valence-corrected chi connectivity index (χ4v) is 5.19. The van der Waals surface area contributed by atoms with Crippen LogP contribution in [0.15, 0.2) is 17.0 Å². The van der Waals surface area contributed by atoms with Gasteiger partial charge in [-0.05, 0) is 52.2 Å². The Labute approximate surface area is 220 Å². The first-order valence-electron chi connectivity index (χ1n) is 12.3. The molecule has 0 saturated heterocycles. The molecule has 38 heavy (non-hydrogen) atoms. The van der Waals surface area contributed by atoms with Crippen molar-refractivity contribution in [3.63, 3.8) is 0 Å². The average molecular weight is 578 g/mol. The van der Waals surface area contributed by atoms with E-state index in [0.29, 0.717) is 13.0 Å². The van der Waals surface area contributed by atoms with Crippen molar-refractivity contribution in [2.45, 2.75) is 95.2 Å². The van der Waals surface area contributed by atoms with Gasteiger partial charge in [-0.25, -0.2) is 17.6 Å². The van der Waals surface area contributed by atoms with Crippen LogP contribution in [-0.2, 0) is 21.8 Å². The van der Waals surface area contributed by atoms with Gasteiger partial charge in [-0.1, -0.05) is 6.92 Å². The van der Waals surface area contributed by atoms with Gasteiger partial charge in [0.05, 0.1) is 32.4 Å². The summed E-state index contributed by atoms with van der Waals surface area (Å²) in [6.07, 6.45) is -4.85. The van der Waals surface area contributed by atoms with E-state index in [0.717, 1.165) is 19.1 Å². The van der Waals surface area contributed by atoms with Crippen LogP contribution in [0.25, 0.3) is 0 Å². The molecule has 0 radical (unpaired) electrons. The predicted octanol–water partition coefficient (Wildman–Crippen LogP) is 7.14. The smallest absolute Gasteiger partial charge is 0.420 e. The Balaban J connectivity index is 0.000000757. The summed E-state index contributed by atoms with van der Waals surface area (Å²) < 4.78 is 110. The van der Waals surface area contributed by atoms with Crippen molar-refractivity contribution in [1.82, 2.24) is 0 Å². The molecule has 3 rings (SSSR count). The molecule has 0 aromatic heterocycles. The van der Waals surface area contributed by atoms with Gasteiger partial charge in [0, 0.05) is 37.6 Å². The number of benzene rings is 1. The molecule has 0 amide bonds. The molecule has 1 aromatic carbocycles. The molecule has 1 fully saturated rings. The number of aliphatic carboxylic acids is 1. The molecule has 1 N–H and O–H groups in total. The van der Waals surface area contributed by atoms with Crippen LogP contribution in [0, 0.1) is 5.41 Å². The van der Waals surface area contributed by atoms with Gasteiger partial charge < -0.3 is 14.7 Å². The second-order valence-electron chi connectivity index (χ2n) is 10.4. The molecule has 1 aliphatic heterocycles. The lowest BCUT2D eigenvalue weighted by atomic mass is 9.90. The number of fused-ring (bicyclic) bond motifs is 1. The van der Waals surface area contributed by atoms with E-state index in [4.69, 9.17) is 4.74 Å². The Morgan fingerprint density at radius 1 is 1.13 bits per heavy atom. The van der Waals surface area contributed by atoms with Crippen molar-refractivity contribution in [2.75, 3.05) is 23.8 Å². The molecular formula is C25H34F7NO4S. The van der Waals surface area contributed by atoms with Crippen molar-refractivity contribution in [3.8, 4) is 5.75 Å². The van der Waals surface area contributed by atoms with E-state index in [2.05, 4.69) is 0 Å². The molecule has 0 spiro atoms. The predicted molar refractivity (Wildman–Crippen MR) is 130 cm³/mol. The number of hydrogen-bond donors (Lipinski definition) is 1. The number of carboxylic acids is 1. The average Bonchev–Trinajstić information content (AvgIpc) is 2.95. The van der Waals surface area contributed by atoms with Crippen LogP contribution in [-0.4, -0.2) is 52.1 Å². The Morgan fingerprint density at radius 3 is 2.16 bits per heavy atom. The highest BCUT2D eigenvalue weighted by Gasteiger charge is 2.41. The van der Waals surface area contributed by atoms with Crippen molar-refractivity contribution in [1.29, 1.82) is 0 Å². The first-order chi connectivity index (χ1) is 17.3. The van der Waals surface area contributed by atoms with E-state index in [9.17, 15) is 44.8 Å². The highest BCUT2D eigenvalue weighted by molar-refractivity contribution is 7.85. The summed E-state index contributed by atoms with van der Waals surface area (Å²) in [5.41, 5.74) is -2.43. The van der Waals surface area contributed by atoms with Crippen LogP contribution in [0.3, 0.4) is 0 Å². The number of anilines is 1. The maximum absolute atomic E-state index is 13.9. The molecule has 1 atom stereocenters. The summed E-state index contributed by atoms with van der Waals surface area (Å²) in [6.45, 7) is 4.82. The Hall–Kier alpha value is -2.05. The lowest BCUT2D eigenvalue weighted by molar-refractivity contribution is -0.148. The van der Waals surface area contributed by atoms with Crippen molar-refractivity contribution < 1.29 is 49.6 Å². The Morgan fingerprint density at radius 2 is 1.68 bits per heavy atom. The largest absolute Gasteiger partial charge is 0.492 e. The maximum Gasteiger partial charge on any atom is 0.420 e. The fraction of sp³-hybridized carbons (Fsp3) is 0.720. The van der Waals surface area contributed by atoms with E-state index < -0.39 is 58.1 Å². The normalized spacial score (nSPS) is 20.6. The van der Waals surface area contributed by atoms with Crippen LogP contribution in [0.2, 0.25) is 0 Å². The van der Waals surface area contributed by atoms with Crippen LogP contribution in [0.5, 0.6) is 5.75 Å². The van der Waals surface area contributed by atoms with E-state index in [-0.39, 0.29) is 54.5 Å². The van der Waals surface area contributed by atoms with E-state index in [1.165, 1.54) is 20.8 Å². The molecule has 1 saturated carbocycles. The number of hydrogen-bond acceptors (Lipinski definition) is 4. The monoisotopic (exact) mass is 577 g/mol. The van der Waals surface area contributed by atoms with Crippen molar-refractivity contribution >= 4 is 22.5 Å². The summed E-state index contributed by atoms with van der Waals surface area (Å²) in [5.74, 6) is -6.84. The third-order valence-corrected chi connectivity index (χ3v) is 8.04. The second kappa shape index (κ2) is 12.0. The van der Waals surface area contributed by atoms with Gasteiger partial charge >= 0.3 is 12.1 Å². The van der Waals surface area contributed by atoms with Gasteiger partial charge in [-0.2, -0.15) is 13.2 Å². The van der Waals surface area contributed by atoms with Gasteiger partial charge in [-0.3, -0.25) is 9.00 Å². The third-order valence-electron chi connectivity index (χ3n) is 6.57. The Kier molecular flexibility index (Phi) is 10.2. The van der Waals surface area contributed by atoms with E-state index >= 15 is 0 Å². The third kappa shape index (κ3) is 8.74. The number of nitrogens with zero attached hydrogens (tertiary/aromatic N) is 1. The zero-order chi connectivity index (χ0) is 29.1. The Bertz CT molecular complexity index is 999. The first-order valence-corrected chi connectivity index (χ1v) is 13.6. The zero-order valence-electron chi connectivity index (χ0n) is 21.8. The molecule has 0 bridgehead atoms. The lowest BCUT2D eigenvalue weighted by Gasteiger charge is -2.38. The fourth-order valence-electron chi connectivity index (χ4n) is 3.93. The maximum atomic E-state index is 13.9. The molecule has 13 heteroatoms. The molecule has 2 aliphatic rings. The van der Waals surface area contributed by atoms with Gasteiger partial charge in [0.2, 0.25) is 11.8 Å². The van der Waals surface area contributed by atoms with Crippen molar-refractivity contribution in [2.24, 2.45) is 5.41 Å². The highest BCUT2D eigenvalue weighted by atomic mass is 32.2. The molecule has 5 nitrogen and oxygen atoms in total. The van der Waals surface area contributed by atoms with Crippen LogP contribution in [0.1, 0.15) is 71.8 Å². The second-order valence-corrected chi connectivity index (χ2v) is 11.9. The van der Waals surface area contributed by atoms with E-state index in [1.807, 2.05) is 0 Å². The molecule has 1 heterocycles. The quantitative estimate of drug-likeness (QED) is 0.364. The molecule has 1 aliphatic carbocycles. The topological polar surface area (TPSA) is 66.8 Å². The van der Waals surface area contributed by atoms with Gasteiger partial charge in [0.25, 0.3) is 0 Å². The van der Waals surface area contributed by atoms with Gasteiger partial charge in [-0.15, -0.1) is 0 Å². The van der Waals surface area contributed by atoms with Gasteiger partial charge in [0.1, 0.15) is 12.4 Å². The summed E-state index contributed by atoms with van der Waals surface area (Å²) in [5, 5.41) is 9.22. The number of carboxylic acid groups (broad SMARTS) is 1. The minimum Gasteiger partial charge on any atom is -0.492 e. The van der Waals surface area contributed by atoms with Crippen LogP contribution in [0.4, 0.5) is 36.4 Å². The van der Waals surface area contributed by atoms with Crippen LogP contribution >= 0.6 is 0 Å². The molecular weight excluding hydrogens is 543 g/mol. The standard InChI is InChI=1S/C21H26F5NO4S.C4H8F2/c1-19(2,18(28)29)12-31-16-11-17-15(10-14(16)21(24,25)26)27(8-3-9-32(17)30)13-4-6-20(22,23)7-5-13;1-3-4(2,5)6/h10-11,13H,3-9,12H2,1-2H3,(H,28,29);3H2,1-2H3. The number of halogens is 7. The first kappa shape index (κ1) is 32.2. The zero-order valence-corrected chi connectivity index (χ0v) is 22.6. The SMILES string of the molecule is CC(C)(COc1cc2c(cc1C(F)(F)F)N(C1CCC(F)(F)CC1)CCCS2=O)C(=O)O.CCC(C)(F)F. The number of alkyl halides is 7. The van der Waals surface area contributed by atoms with Gasteiger partial charge in [0.15, 0.2) is 0 Å². The number of rotatable bonds is 6. The molecule has 218 valence electrons. The summed E-state index contributed by atoms with van der Waals surface area (Å²) >= 11 is 0.